The van der Waals surface area contributed by atoms with Crippen molar-refractivity contribution in [1.82, 2.24) is 30.0 Å². The van der Waals surface area contributed by atoms with E-state index in [9.17, 15) is 0 Å². The summed E-state index contributed by atoms with van der Waals surface area (Å²) in [6, 6.07) is 16.1. The van der Waals surface area contributed by atoms with Crippen LogP contribution in [-0.4, -0.2) is 77.0 Å². The fourth-order valence-corrected chi connectivity index (χ4v) is 4.24. The number of methoxy groups -OCH3 is 2. The van der Waals surface area contributed by atoms with Crippen molar-refractivity contribution in [3.05, 3.63) is 65.5 Å². The summed E-state index contributed by atoms with van der Waals surface area (Å²) in [4.78, 5) is 4.90. The van der Waals surface area contributed by atoms with Gasteiger partial charge in [-0.15, -0.1) is 5.10 Å². The highest BCUT2D eigenvalue weighted by molar-refractivity contribution is 5.49. The SMILES string of the molecule is CCN1CCN([C@H](c2cccc(OC)c2OC)c2nnnn2Cc2ccccc2)CC1. The average Bonchev–Trinajstić information content (AvgIpc) is 3.27. The lowest BCUT2D eigenvalue weighted by Crippen LogP contribution is -2.48. The molecule has 0 spiro atoms. The highest BCUT2D eigenvalue weighted by atomic mass is 16.5. The molecule has 0 unspecified atom stereocenters. The van der Waals surface area contributed by atoms with E-state index in [1.807, 2.05) is 35.0 Å². The second kappa shape index (κ2) is 9.89. The van der Waals surface area contributed by atoms with Gasteiger partial charge in [0.1, 0.15) is 6.04 Å². The van der Waals surface area contributed by atoms with Gasteiger partial charge in [-0.05, 0) is 28.6 Å². The molecule has 8 heteroatoms. The lowest BCUT2D eigenvalue weighted by atomic mass is 10.0. The van der Waals surface area contributed by atoms with Gasteiger partial charge in [0.15, 0.2) is 17.3 Å². The van der Waals surface area contributed by atoms with Gasteiger partial charge < -0.3 is 14.4 Å². The third kappa shape index (κ3) is 4.55. The summed E-state index contributed by atoms with van der Waals surface area (Å²) in [5, 5.41) is 12.9. The molecular weight excluding hydrogens is 392 g/mol. The predicted octanol–water partition coefficient (Wildman–Crippen LogP) is 2.47. The van der Waals surface area contributed by atoms with E-state index in [1.165, 1.54) is 0 Å². The predicted molar refractivity (Wildman–Crippen MR) is 118 cm³/mol. The smallest absolute Gasteiger partial charge is 0.173 e. The molecule has 0 N–H and O–H groups in total. The Morgan fingerprint density at radius 1 is 0.935 bits per heavy atom. The largest absolute Gasteiger partial charge is 0.493 e. The van der Waals surface area contributed by atoms with Crippen LogP contribution in [0.25, 0.3) is 0 Å². The van der Waals surface area contributed by atoms with Crippen molar-refractivity contribution in [2.24, 2.45) is 0 Å². The standard InChI is InChI=1S/C23H30N6O2/c1-4-27-13-15-28(16-14-27)21(19-11-8-12-20(30-2)22(19)31-3)23-24-25-26-29(23)17-18-9-6-5-7-10-18/h5-12,21H,4,13-17H2,1-3H3/t21-/m1/s1. The summed E-state index contributed by atoms with van der Waals surface area (Å²) < 4.78 is 13.3. The van der Waals surface area contributed by atoms with E-state index in [0.29, 0.717) is 12.3 Å². The Hall–Kier alpha value is -2.97. The molecule has 0 saturated carbocycles. The average molecular weight is 423 g/mol. The number of rotatable bonds is 8. The first-order valence-electron chi connectivity index (χ1n) is 10.7. The maximum Gasteiger partial charge on any atom is 0.173 e. The van der Waals surface area contributed by atoms with Crippen molar-refractivity contribution < 1.29 is 9.47 Å². The van der Waals surface area contributed by atoms with E-state index >= 15 is 0 Å². The van der Waals surface area contributed by atoms with Crippen molar-refractivity contribution in [3.63, 3.8) is 0 Å². The molecule has 8 nitrogen and oxygen atoms in total. The first-order chi connectivity index (χ1) is 15.2. The highest BCUT2D eigenvalue weighted by Crippen LogP contribution is 2.39. The third-order valence-corrected chi connectivity index (χ3v) is 5.93. The molecule has 0 aliphatic carbocycles. The Morgan fingerprint density at radius 3 is 2.39 bits per heavy atom. The van der Waals surface area contributed by atoms with Crippen molar-refractivity contribution in [3.8, 4) is 11.5 Å². The zero-order valence-electron chi connectivity index (χ0n) is 18.4. The second-order valence-corrected chi connectivity index (χ2v) is 7.64. The molecule has 1 aromatic heterocycles. The van der Waals surface area contributed by atoms with Crippen LogP contribution in [0.5, 0.6) is 11.5 Å². The van der Waals surface area contributed by atoms with Crippen LogP contribution < -0.4 is 9.47 Å². The minimum atomic E-state index is -0.136. The van der Waals surface area contributed by atoms with Crippen LogP contribution in [-0.2, 0) is 6.54 Å². The number of nitrogens with zero attached hydrogens (tertiary/aromatic N) is 6. The first kappa shape index (κ1) is 21.3. The summed E-state index contributed by atoms with van der Waals surface area (Å²) in [5.41, 5.74) is 2.17. The van der Waals surface area contributed by atoms with Crippen LogP contribution in [0.2, 0.25) is 0 Å². The van der Waals surface area contributed by atoms with Gasteiger partial charge >= 0.3 is 0 Å². The maximum absolute atomic E-state index is 5.80. The fourth-order valence-electron chi connectivity index (χ4n) is 4.24. The number of ether oxygens (including phenoxy) is 2. The summed E-state index contributed by atoms with van der Waals surface area (Å²) >= 11 is 0. The maximum atomic E-state index is 5.80. The molecule has 0 radical (unpaired) electrons. The summed E-state index contributed by atoms with van der Waals surface area (Å²) in [6.07, 6.45) is 0. The number of para-hydroxylation sites is 1. The number of likely N-dealkylation sites (N-methyl/N-ethyl adjacent to an activating group) is 1. The van der Waals surface area contributed by atoms with E-state index in [1.54, 1.807) is 14.2 Å². The Morgan fingerprint density at radius 2 is 1.71 bits per heavy atom. The molecule has 3 aromatic rings. The topological polar surface area (TPSA) is 68.5 Å². The normalized spacial score (nSPS) is 16.2. The van der Waals surface area contributed by atoms with E-state index in [2.05, 4.69) is 50.4 Å². The number of piperazine rings is 1. The zero-order chi connectivity index (χ0) is 21.6. The molecular formula is C23H30N6O2. The van der Waals surface area contributed by atoms with Crippen LogP contribution in [0.1, 0.15) is 29.9 Å². The first-order valence-corrected chi connectivity index (χ1v) is 10.7. The van der Waals surface area contributed by atoms with Gasteiger partial charge in [-0.25, -0.2) is 4.68 Å². The summed E-state index contributed by atoms with van der Waals surface area (Å²) in [6.45, 7) is 7.76. The van der Waals surface area contributed by atoms with Crippen LogP contribution >= 0.6 is 0 Å². The molecule has 0 amide bonds. The lowest BCUT2D eigenvalue weighted by molar-refractivity contribution is 0.107. The molecule has 1 aliphatic heterocycles. The second-order valence-electron chi connectivity index (χ2n) is 7.64. The number of tetrazole rings is 1. The summed E-state index contributed by atoms with van der Waals surface area (Å²) in [7, 11) is 3.34. The van der Waals surface area contributed by atoms with Gasteiger partial charge in [-0.1, -0.05) is 49.4 Å². The molecule has 0 bridgehead atoms. The minimum absolute atomic E-state index is 0.136. The molecule has 2 aromatic carbocycles. The third-order valence-electron chi connectivity index (χ3n) is 5.93. The molecule has 1 saturated heterocycles. The number of hydrogen-bond donors (Lipinski definition) is 0. The zero-order valence-corrected chi connectivity index (χ0v) is 18.4. The number of hydrogen-bond acceptors (Lipinski definition) is 7. The van der Waals surface area contributed by atoms with Crippen LogP contribution in [0, 0.1) is 0 Å². The van der Waals surface area contributed by atoms with E-state index in [-0.39, 0.29) is 6.04 Å². The lowest BCUT2D eigenvalue weighted by Gasteiger charge is -2.38. The Bertz CT molecular complexity index is 969. The molecule has 1 fully saturated rings. The number of aromatic nitrogens is 4. The van der Waals surface area contributed by atoms with E-state index in [0.717, 1.165) is 55.4 Å². The number of benzene rings is 2. The van der Waals surface area contributed by atoms with Gasteiger partial charge in [0, 0.05) is 31.7 Å². The van der Waals surface area contributed by atoms with Gasteiger partial charge in [-0.2, -0.15) is 0 Å². The van der Waals surface area contributed by atoms with Crippen molar-refractivity contribution in [2.75, 3.05) is 46.9 Å². The minimum Gasteiger partial charge on any atom is -0.493 e. The van der Waals surface area contributed by atoms with Gasteiger partial charge in [0.05, 0.1) is 20.8 Å². The quantitative estimate of drug-likeness (QED) is 0.552. The Balaban J connectivity index is 1.75. The highest BCUT2D eigenvalue weighted by Gasteiger charge is 2.33. The molecule has 31 heavy (non-hydrogen) atoms. The molecule has 164 valence electrons. The molecule has 1 atom stereocenters. The van der Waals surface area contributed by atoms with E-state index < -0.39 is 0 Å². The van der Waals surface area contributed by atoms with Gasteiger partial charge in [0.2, 0.25) is 0 Å². The van der Waals surface area contributed by atoms with Gasteiger partial charge in [-0.3, -0.25) is 4.90 Å². The van der Waals surface area contributed by atoms with Crippen molar-refractivity contribution >= 4 is 0 Å². The molecule has 4 rings (SSSR count). The summed E-state index contributed by atoms with van der Waals surface area (Å²) in [5.74, 6) is 2.24. The molecule has 1 aliphatic rings. The van der Waals surface area contributed by atoms with E-state index in [4.69, 9.17) is 9.47 Å². The Kier molecular flexibility index (Phi) is 6.79. The van der Waals surface area contributed by atoms with Crippen LogP contribution in [0.3, 0.4) is 0 Å². The molecule has 2 heterocycles. The van der Waals surface area contributed by atoms with Crippen molar-refractivity contribution in [2.45, 2.75) is 19.5 Å². The van der Waals surface area contributed by atoms with Crippen molar-refractivity contribution in [1.29, 1.82) is 0 Å². The monoisotopic (exact) mass is 422 g/mol. The van der Waals surface area contributed by atoms with Crippen LogP contribution in [0.4, 0.5) is 0 Å². The van der Waals surface area contributed by atoms with Crippen LogP contribution in [0.15, 0.2) is 48.5 Å². The Labute approximate surface area is 183 Å². The fraction of sp³-hybridized carbons (Fsp3) is 0.435. The van der Waals surface area contributed by atoms with Gasteiger partial charge in [0.25, 0.3) is 0 Å².